The molecule has 1 aromatic heterocycles. The van der Waals surface area contributed by atoms with Gasteiger partial charge in [-0.15, -0.1) is 11.3 Å². The van der Waals surface area contributed by atoms with Gasteiger partial charge in [-0.05, 0) is 60.9 Å². The number of carbonyl (C=O) groups is 1. The lowest BCUT2D eigenvalue weighted by molar-refractivity contribution is 0.0958. The van der Waals surface area contributed by atoms with Crippen molar-refractivity contribution in [3.63, 3.8) is 0 Å². The monoisotopic (exact) mass is 329 g/mol. The molecule has 3 rings (SSSR count). The van der Waals surface area contributed by atoms with Crippen LogP contribution in [0.5, 0.6) is 5.75 Å². The van der Waals surface area contributed by atoms with Gasteiger partial charge in [-0.25, -0.2) is 0 Å². The first-order valence-electron chi connectivity index (χ1n) is 8.18. The number of rotatable bonds is 5. The van der Waals surface area contributed by atoms with Gasteiger partial charge in [0, 0.05) is 11.4 Å². The molecule has 0 bridgehead atoms. The molecule has 1 amide bonds. The van der Waals surface area contributed by atoms with E-state index in [-0.39, 0.29) is 5.91 Å². The van der Waals surface area contributed by atoms with E-state index in [4.69, 9.17) is 4.74 Å². The van der Waals surface area contributed by atoms with Crippen LogP contribution in [-0.4, -0.2) is 19.6 Å². The van der Waals surface area contributed by atoms with Gasteiger partial charge in [-0.1, -0.05) is 19.1 Å². The van der Waals surface area contributed by atoms with Crippen LogP contribution < -0.4 is 10.1 Å². The van der Waals surface area contributed by atoms with E-state index in [1.165, 1.54) is 22.4 Å². The van der Waals surface area contributed by atoms with Crippen LogP contribution >= 0.6 is 11.3 Å². The molecule has 0 saturated carbocycles. The minimum atomic E-state index is 0.0607. The van der Waals surface area contributed by atoms with Crippen molar-refractivity contribution in [1.82, 2.24) is 5.32 Å². The molecule has 1 aromatic carbocycles. The third kappa shape index (κ3) is 3.94. The maximum atomic E-state index is 12.3. The molecule has 0 radical (unpaired) electrons. The number of thiophene rings is 1. The lowest BCUT2D eigenvalue weighted by Crippen LogP contribution is -2.24. The predicted octanol–water partition coefficient (Wildman–Crippen LogP) is 3.85. The smallest absolute Gasteiger partial charge is 0.261 e. The van der Waals surface area contributed by atoms with E-state index < -0.39 is 0 Å². The van der Waals surface area contributed by atoms with E-state index in [0.29, 0.717) is 6.54 Å². The number of aryl methyl sites for hydroxylation is 1. The number of nitrogens with one attached hydrogen (secondary N) is 1. The predicted molar refractivity (Wildman–Crippen MR) is 94.5 cm³/mol. The fourth-order valence-corrected chi connectivity index (χ4v) is 4.14. The average Bonchev–Trinajstić information content (AvgIpc) is 2.98. The topological polar surface area (TPSA) is 38.3 Å². The highest BCUT2D eigenvalue weighted by molar-refractivity contribution is 7.14. The second-order valence-corrected chi connectivity index (χ2v) is 7.40. The van der Waals surface area contributed by atoms with Crippen LogP contribution in [0.2, 0.25) is 0 Å². The molecule has 0 unspecified atom stereocenters. The van der Waals surface area contributed by atoms with Crippen LogP contribution in [-0.2, 0) is 19.3 Å². The highest BCUT2D eigenvalue weighted by atomic mass is 32.1. The summed E-state index contributed by atoms with van der Waals surface area (Å²) in [6.07, 6.45) is 4.31. The van der Waals surface area contributed by atoms with Crippen molar-refractivity contribution in [3.8, 4) is 5.75 Å². The number of amides is 1. The minimum Gasteiger partial charge on any atom is -0.497 e. The quantitative estimate of drug-likeness (QED) is 0.905. The van der Waals surface area contributed by atoms with Gasteiger partial charge in [0.25, 0.3) is 5.91 Å². The molecule has 23 heavy (non-hydrogen) atoms. The first-order chi connectivity index (χ1) is 11.2. The molecule has 2 aromatic rings. The fraction of sp³-hybridized carbons (Fsp3) is 0.421. The summed E-state index contributed by atoms with van der Waals surface area (Å²) in [5.41, 5.74) is 2.58. The minimum absolute atomic E-state index is 0.0607. The lowest BCUT2D eigenvalue weighted by atomic mass is 9.90. The Hall–Kier alpha value is -1.81. The zero-order valence-corrected chi connectivity index (χ0v) is 14.5. The Balaban J connectivity index is 1.53. The van der Waals surface area contributed by atoms with Gasteiger partial charge in [0.1, 0.15) is 5.75 Å². The van der Waals surface area contributed by atoms with Gasteiger partial charge in [-0.2, -0.15) is 0 Å². The molecule has 122 valence electrons. The van der Waals surface area contributed by atoms with Crippen LogP contribution in [0.1, 0.15) is 39.0 Å². The molecule has 1 heterocycles. The van der Waals surface area contributed by atoms with Crippen LogP contribution in [0.3, 0.4) is 0 Å². The molecule has 1 N–H and O–H groups in total. The zero-order chi connectivity index (χ0) is 16.2. The van der Waals surface area contributed by atoms with Crippen LogP contribution in [0.4, 0.5) is 0 Å². The highest BCUT2D eigenvalue weighted by Gasteiger charge is 2.20. The summed E-state index contributed by atoms with van der Waals surface area (Å²) in [6, 6.07) is 10.1. The molecule has 3 nitrogen and oxygen atoms in total. The van der Waals surface area contributed by atoms with E-state index in [2.05, 4.69) is 18.3 Å². The van der Waals surface area contributed by atoms with Crippen LogP contribution in [0, 0.1) is 5.92 Å². The SMILES string of the molecule is COc1ccc(CCNC(=O)c2cc3c(s2)CC[C@H](C)C3)cc1. The third-order valence-corrected chi connectivity index (χ3v) is 5.65. The van der Waals surface area contributed by atoms with Gasteiger partial charge in [0.05, 0.1) is 12.0 Å². The summed E-state index contributed by atoms with van der Waals surface area (Å²) in [5.74, 6) is 1.66. The van der Waals surface area contributed by atoms with Crippen molar-refractivity contribution in [1.29, 1.82) is 0 Å². The number of ether oxygens (including phenoxy) is 1. The second kappa shape index (κ2) is 7.18. The largest absolute Gasteiger partial charge is 0.497 e. The van der Waals surface area contributed by atoms with Crippen molar-refractivity contribution in [2.24, 2.45) is 5.92 Å². The van der Waals surface area contributed by atoms with Crippen molar-refractivity contribution >= 4 is 17.2 Å². The number of fused-ring (bicyclic) bond motifs is 1. The van der Waals surface area contributed by atoms with Crippen molar-refractivity contribution in [2.75, 3.05) is 13.7 Å². The van der Waals surface area contributed by atoms with Crippen molar-refractivity contribution in [3.05, 3.63) is 51.2 Å². The fourth-order valence-electron chi connectivity index (χ4n) is 3.02. The number of methoxy groups -OCH3 is 1. The summed E-state index contributed by atoms with van der Waals surface area (Å²) in [7, 11) is 1.66. The Kier molecular flexibility index (Phi) is 5.01. The average molecular weight is 329 g/mol. The van der Waals surface area contributed by atoms with Gasteiger partial charge in [-0.3, -0.25) is 4.79 Å². The Morgan fingerprint density at radius 2 is 2.13 bits per heavy atom. The summed E-state index contributed by atoms with van der Waals surface area (Å²) in [5, 5.41) is 3.04. The van der Waals surface area contributed by atoms with Gasteiger partial charge in [0.15, 0.2) is 0 Å². The molecule has 4 heteroatoms. The number of benzene rings is 1. The highest BCUT2D eigenvalue weighted by Crippen LogP contribution is 2.32. The molecule has 0 fully saturated rings. The second-order valence-electron chi connectivity index (χ2n) is 6.26. The molecular weight excluding hydrogens is 306 g/mol. The summed E-state index contributed by atoms with van der Waals surface area (Å²) < 4.78 is 5.15. The Morgan fingerprint density at radius 1 is 1.35 bits per heavy atom. The normalized spacial score (nSPS) is 16.7. The summed E-state index contributed by atoms with van der Waals surface area (Å²) in [6.45, 7) is 2.94. The molecule has 0 saturated heterocycles. The molecule has 1 aliphatic carbocycles. The molecule has 0 spiro atoms. The van der Waals surface area contributed by atoms with Crippen molar-refractivity contribution in [2.45, 2.75) is 32.6 Å². The maximum absolute atomic E-state index is 12.3. The van der Waals surface area contributed by atoms with E-state index in [9.17, 15) is 4.79 Å². The van der Waals surface area contributed by atoms with Crippen LogP contribution in [0.25, 0.3) is 0 Å². The maximum Gasteiger partial charge on any atom is 0.261 e. The lowest BCUT2D eigenvalue weighted by Gasteiger charge is -2.16. The molecule has 1 aliphatic rings. The van der Waals surface area contributed by atoms with E-state index in [1.54, 1.807) is 18.4 Å². The van der Waals surface area contributed by atoms with Crippen LogP contribution in [0.15, 0.2) is 30.3 Å². The van der Waals surface area contributed by atoms with E-state index in [0.717, 1.165) is 35.8 Å². The van der Waals surface area contributed by atoms with Gasteiger partial charge in [0.2, 0.25) is 0 Å². The molecule has 0 aliphatic heterocycles. The first kappa shape index (κ1) is 16.1. The zero-order valence-electron chi connectivity index (χ0n) is 13.7. The Labute approximate surface area is 141 Å². The van der Waals surface area contributed by atoms with Crippen molar-refractivity contribution < 1.29 is 9.53 Å². The standard InChI is InChI=1S/C19H23NO2S/c1-13-3-8-17-15(11-13)12-18(23-17)19(21)20-10-9-14-4-6-16(22-2)7-5-14/h4-7,12-13H,3,8-11H2,1-2H3,(H,20,21)/t13-/m0/s1. The van der Waals surface area contributed by atoms with E-state index in [1.807, 2.05) is 24.3 Å². The van der Waals surface area contributed by atoms with Gasteiger partial charge >= 0.3 is 0 Å². The number of hydrogen-bond acceptors (Lipinski definition) is 3. The Morgan fingerprint density at radius 3 is 2.87 bits per heavy atom. The number of carbonyl (C=O) groups excluding carboxylic acids is 1. The first-order valence-corrected chi connectivity index (χ1v) is 9.00. The van der Waals surface area contributed by atoms with E-state index >= 15 is 0 Å². The molecular formula is C19H23NO2S. The Bertz CT molecular complexity index is 675. The molecule has 1 atom stereocenters. The number of hydrogen-bond donors (Lipinski definition) is 1. The third-order valence-electron chi connectivity index (χ3n) is 4.41. The van der Waals surface area contributed by atoms with Gasteiger partial charge < -0.3 is 10.1 Å². The summed E-state index contributed by atoms with van der Waals surface area (Å²) >= 11 is 1.67. The summed E-state index contributed by atoms with van der Waals surface area (Å²) in [4.78, 5) is 14.6.